The highest BCUT2D eigenvalue weighted by Crippen LogP contribution is 2.42. The fourth-order valence-corrected chi connectivity index (χ4v) is 5.00. The molecule has 3 nitrogen and oxygen atoms in total. The van der Waals surface area contributed by atoms with Crippen molar-refractivity contribution in [2.24, 2.45) is 4.99 Å². The van der Waals surface area contributed by atoms with Crippen LogP contribution in [-0.2, 0) is 0 Å². The zero-order chi connectivity index (χ0) is 13.6. The van der Waals surface area contributed by atoms with Crippen molar-refractivity contribution >= 4 is 53.5 Å². The first-order valence-corrected chi connectivity index (χ1v) is 9.76. The smallest absolute Gasteiger partial charge is 0.193 e. The fourth-order valence-electron chi connectivity index (χ4n) is 3.12. The molecule has 1 saturated carbocycles. The van der Waals surface area contributed by atoms with Crippen molar-refractivity contribution in [1.82, 2.24) is 10.2 Å². The molecule has 1 aliphatic heterocycles. The lowest BCUT2D eigenvalue weighted by atomic mass is 9.87. The molecule has 2 aliphatic rings. The topological polar surface area (TPSA) is 27.6 Å². The zero-order valence-electron chi connectivity index (χ0n) is 12.7. The maximum atomic E-state index is 4.47. The molecule has 0 aromatic carbocycles. The van der Waals surface area contributed by atoms with E-state index >= 15 is 0 Å². The second-order valence-corrected chi connectivity index (χ2v) is 8.03. The Bertz CT molecular complexity index is 301. The first kappa shape index (κ1) is 18.7. The van der Waals surface area contributed by atoms with Crippen LogP contribution >= 0.6 is 47.5 Å². The van der Waals surface area contributed by atoms with Gasteiger partial charge in [0.25, 0.3) is 0 Å². The summed E-state index contributed by atoms with van der Waals surface area (Å²) in [4.78, 5) is 6.96. The van der Waals surface area contributed by atoms with Crippen LogP contribution in [0.1, 0.15) is 32.1 Å². The Hall–Kier alpha value is 0.700. The highest BCUT2D eigenvalue weighted by Gasteiger charge is 2.38. The van der Waals surface area contributed by atoms with E-state index in [-0.39, 0.29) is 24.0 Å². The fraction of sp³-hybridized carbons (Fsp3) is 0.929. The number of nitrogens with one attached hydrogen (secondary N) is 1. The maximum Gasteiger partial charge on any atom is 0.193 e. The summed E-state index contributed by atoms with van der Waals surface area (Å²) in [7, 11) is 1.91. The monoisotopic (exact) mass is 429 g/mol. The van der Waals surface area contributed by atoms with Gasteiger partial charge >= 0.3 is 0 Å². The molecule has 0 aromatic heterocycles. The average molecular weight is 429 g/mol. The third kappa shape index (κ3) is 5.16. The lowest BCUT2D eigenvalue weighted by molar-refractivity contribution is 0.293. The number of rotatable bonds is 3. The van der Waals surface area contributed by atoms with Crippen LogP contribution in [0.2, 0.25) is 0 Å². The first-order valence-electron chi connectivity index (χ1n) is 7.38. The maximum absolute atomic E-state index is 4.47. The van der Waals surface area contributed by atoms with E-state index in [1.54, 1.807) is 0 Å². The molecular formula is C14H28IN3S2. The number of aliphatic imine (C=N–C) groups is 1. The second kappa shape index (κ2) is 9.66. The Morgan fingerprint density at radius 2 is 2.10 bits per heavy atom. The van der Waals surface area contributed by atoms with Crippen LogP contribution in [-0.4, -0.2) is 60.0 Å². The van der Waals surface area contributed by atoms with Crippen molar-refractivity contribution in [3.63, 3.8) is 0 Å². The minimum absolute atomic E-state index is 0. The molecule has 2 rings (SSSR count). The van der Waals surface area contributed by atoms with Gasteiger partial charge in [0.1, 0.15) is 0 Å². The second-order valence-electron chi connectivity index (χ2n) is 5.48. The normalized spacial score (nSPS) is 22.5. The third-order valence-electron chi connectivity index (χ3n) is 4.11. The van der Waals surface area contributed by atoms with Gasteiger partial charge in [0.2, 0.25) is 0 Å². The van der Waals surface area contributed by atoms with E-state index in [1.165, 1.54) is 44.4 Å². The van der Waals surface area contributed by atoms with Gasteiger partial charge in [-0.1, -0.05) is 19.3 Å². The van der Waals surface area contributed by atoms with Crippen LogP contribution in [0.25, 0.3) is 0 Å². The van der Waals surface area contributed by atoms with E-state index in [4.69, 9.17) is 0 Å². The average Bonchev–Trinajstić information content (AvgIpc) is 2.44. The van der Waals surface area contributed by atoms with Gasteiger partial charge in [0.05, 0.1) is 0 Å². The Kier molecular flexibility index (Phi) is 9.06. The highest BCUT2D eigenvalue weighted by atomic mass is 127. The number of guanidine groups is 1. The molecule has 0 bridgehead atoms. The van der Waals surface area contributed by atoms with Crippen LogP contribution < -0.4 is 5.32 Å². The molecule has 6 heteroatoms. The molecule has 20 heavy (non-hydrogen) atoms. The van der Waals surface area contributed by atoms with Gasteiger partial charge in [-0.25, -0.2) is 0 Å². The number of hydrogen-bond donors (Lipinski definition) is 1. The minimum atomic E-state index is 0. The number of halogens is 1. The summed E-state index contributed by atoms with van der Waals surface area (Å²) < 4.78 is 0.521. The Labute approximate surface area is 149 Å². The quantitative estimate of drug-likeness (QED) is 0.323. The van der Waals surface area contributed by atoms with Gasteiger partial charge in [-0.15, -0.1) is 24.0 Å². The molecule has 0 amide bonds. The lowest BCUT2D eigenvalue weighted by Gasteiger charge is -2.45. The van der Waals surface area contributed by atoms with E-state index in [2.05, 4.69) is 33.2 Å². The van der Waals surface area contributed by atoms with Crippen molar-refractivity contribution in [3.8, 4) is 0 Å². The molecule has 1 spiro atoms. The summed E-state index contributed by atoms with van der Waals surface area (Å²) in [5.74, 6) is 3.51. The molecule has 118 valence electrons. The largest absolute Gasteiger partial charge is 0.355 e. The molecular weight excluding hydrogens is 401 g/mol. The Morgan fingerprint density at radius 3 is 2.75 bits per heavy atom. The third-order valence-corrected chi connectivity index (χ3v) is 6.26. The minimum Gasteiger partial charge on any atom is -0.355 e. The van der Waals surface area contributed by atoms with Crippen LogP contribution in [0.5, 0.6) is 0 Å². The van der Waals surface area contributed by atoms with Crippen molar-refractivity contribution in [3.05, 3.63) is 0 Å². The molecule has 1 heterocycles. The predicted octanol–water partition coefficient (Wildman–Crippen LogP) is 3.29. The van der Waals surface area contributed by atoms with Crippen LogP contribution in [0.15, 0.2) is 4.99 Å². The van der Waals surface area contributed by atoms with Gasteiger partial charge in [0, 0.05) is 42.9 Å². The van der Waals surface area contributed by atoms with Crippen LogP contribution in [0.3, 0.4) is 0 Å². The summed E-state index contributed by atoms with van der Waals surface area (Å²) in [6.45, 7) is 3.35. The molecule has 1 N–H and O–H groups in total. The Morgan fingerprint density at radius 1 is 1.35 bits per heavy atom. The van der Waals surface area contributed by atoms with Gasteiger partial charge in [-0.2, -0.15) is 23.5 Å². The van der Waals surface area contributed by atoms with Crippen molar-refractivity contribution in [1.29, 1.82) is 0 Å². The molecule has 0 unspecified atom stereocenters. The molecule has 0 aromatic rings. The number of thioether (sulfide) groups is 2. The summed E-state index contributed by atoms with van der Waals surface area (Å²) in [6, 6.07) is 0. The van der Waals surface area contributed by atoms with E-state index in [9.17, 15) is 0 Å². The van der Waals surface area contributed by atoms with Crippen molar-refractivity contribution in [2.75, 3.05) is 44.4 Å². The van der Waals surface area contributed by atoms with Crippen molar-refractivity contribution < 1.29 is 0 Å². The first-order chi connectivity index (χ1) is 9.29. The molecule has 0 atom stereocenters. The molecule has 1 saturated heterocycles. The van der Waals surface area contributed by atoms with E-state index < -0.39 is 0 Å². The van der Waals surface area contributed by atoms with Gasteiger partial charge in [0.15, 0.2) is 5.96 Å². The SMILES string of the molecule is CN=C(NCCSC)N1CCSC2(CCCCC2)C1.I. The summed E-state index contributed by atoms with van der Waals surface area (Å²) in [5, 5.41) is 3.51. The number of hydrogen-bond acceptors (Lipinski definition) is 3. The summed E-state index contributed by atoms with van der Waals surface area (Å²) in [6.07, 6.45) is 9.21. The zero-order valence-corrected chi connectivity index (χ0v) is 16.7. The number of nitrogens with zero attached hydrogens (tertiary/aromatic N) is 2. The Balaban J connectivity index is 0.00000200. The standard InChI is InChI=1S/C14H27N3S2.HI/c1-15-13(16-8-10-18-2)17-9-11-19-14(12-17)6-4-3-5-7-14;/h3-12H2,1-2H3,(H,15,16);1H. The summed E-state index contributed by atoms with van der Waals surface area (Å²) in [5.41, 5.74) is 0. The van der Waals surface area contributed by atoms with E-state index in [1.807, 2.05) is 18.8 Å². The molecule has 0 radical (unpaired) electrons. The van der Waals surface area contributed by atoms with Gasteiger partial charge in [-0.05, 0) is 19.1 Å². The van der Waals surface area contributed by atoms with E-state index in [0.717, 1.165) is 24.8 Å². The predicted molar refractivity (Wildman–Crippen MR) is 105 cm³/mol. The van der Waals surface area contributed by atoms with Crippen molar-refractivity contribution in [2.45, 2.75) is 36.9 Å². The highest BCUT2D eigenvalue weighted by molar-refractivity contribution is 14.0. The molecule has 2 fully saturated rings. The lowest BCUT2D eigenvalue weighted by Crippen LogP contribution is -2.53. The van der Waals surface area contributed by atoms with Crippen LogP contribution in [0, 0.1) is 0 Å². The van der Waals surface area contributed by atoms with Gasteiger partial charge < -0.3 is 10.2 Å². The molecule has 1 aliphatic carbocycles. The summed E-state index contributed by atoms with van der Waals surface area (Å²) >= 11 is 4.10. The van der Waals surface area contributed by atoms with Crippen LogP contribution in [0.4, 0.5) is 0 Å². The van der Waals surface area contributed by atoms with Gasteiger partial charge in [-0.3, -0.25) is 4.99 Å². The van der Waals surface area contributed by atoms with E-state index in [0.29, 0.717) is 4.75 Å².